The van der Waals surface area contributed by atoms with E-state index >= 15 is 0 Å². The Kier molecular flexibility index (Phi) is 2.39. The van der Waals surface area contributed by atoms with E-state index in [-0.39, 0.29) is 5.88 Å². The summed E-state index contributed by atoms with van der Waals surface area (Å²) in [6, 6.07) is 0. The minimum Gasteiger partial charge on any atom is -0.365 e. The summed E-state index contributed by atoms with van der Waals surface area (Å²) in [6.45, 7) is 1.71. The molecule has 0 fully saturated rings. The van der Waals surface area contributed by atoms with Crippen molar-refractivity contribution in [2.45, 2.75) is 6.92 Å². The molecule has 0 saturated carbocycles. The molecule has 0 spiro atoms. The van der Waals surface area contributed by atoms with Crippen molar-refractivity contribution in [2.24, 2.45) is 0 Å². The number of halogens is 1. The van der Waals surface area contributed by atoms with Crippen LogP contribution >= 0.6 is 15.9 Å². The maximum absolute atomic E-state index is 8.16. The summed E-state index contributed by atoms with van der Waals surface area (Å²) in [5, 5.41) is 8.16. The lowest BCUT2D eigenvalue weighted by atomic mass is 10.5. The molecule has 0 atom stereocenters. The van der Waals surface area contributed by atoms with Crippen LogP contribution in [0.4, 0.5) is 0 Å². The van der Waals surface area contributed by atoms with E-state index < -0.39 is 0 Å². The molecule has 1 aromatic heterocycles. The molecule has 0 aliphatic heterocycles. The van der Waals surface area contributed by atoms with Crippen LogP contribution in [-0.4, -0.2) is 9.97 Å². The fourth-order valence-corrected chi connectivity index (χ4v) is 0.954. The van der Waals surface area contributed by atoms with Gasteiger partial charge < -0.3 is 4.74 Å². The topological polar surface area (TPSA) is 58.8 Å². The third-order valence-corrected chi connectivity index (χ3v) is 1.40. The Morgan fingerprint density at radius 2 is 2.45 bits per heavy atom. The Morgan fingerprint density at radius 3 is 3.00 bits per heavy atom. The molecule has 0 aromatic carbocycles. The number of aromatic nitrogens is 2. The number of aryl methyl sites for hydroxylation is 1. The predicted octanol–water partition coefficient (Wildman–Crippen LogP) is 1.41. The number of rotatable bonds is 1. The number of hydrogen-bond donors (Lipinski definition) is 0. The highest BCUT2D eigenvalue weighted by Crippen LogP contribution is 2.13. The molecule has 0 bridgehead atoms. The van der Waals surface area contributed by atoms with Crippen LogP contribution in [-0.2, 0) is 0 Å². The van der Waals surface area contributed by atoms with Gasteiger partial charge in [0, 0.05) is 0 Å². The van der Waals surface area contributed by atoms with Gasteiger partial charge in [-0.25, -0.2) is 9.97 Å². The zero-order valence-electron chi connectivity index (χ0n) is 5.71. The van der Waals surface area contributed by atoms with E-state index in [2.05, 4.69) is 30.6 Å². The lowest BCUT2D eigenvalue weighted by Gasteiger charge is -1.97. The molecule has 11 heavy (non-hydrogen) atoms. The molecule has 1 heterocycles. The van der Waals surface area contributed by atoms with Gasteiger partial charge in [-0.3, -0.25) is 0 Å². The lowest BCUT2D eigenvalue weighted by Crippen LogP contribution is -1.93. The van der Waals surface area contributed by atoms with Gasteiger partial charge in [0.05, 0.1) is 6.20 Å². The highest BCUT2D eigenvalue weighted by Gasteiger charge is 2.01. The standard InChI is InChI=1S/C6H4BrN3O/c1-4-6(11-3-8)9-2-5(7)10-4/h2H,1H3. The monoisotopic (exact) mass is 213 g/mol. The normalized spacial score (nSPS) is 8.82. The Hall–Kier alpha value is -1.15. The molecule has 4 nitrogen and oxygen atoms in total. The van der Waals surface area contributed by atoms with Crippen molar-refractivity contribution in [3.63, 3.8) is 0 Å². The maximum Gasteiger partial charge on any atom is 0.293 e. The number of hydrogen-bond acceptors (Lipinski definition) is 4. The SMILES string of the molecule is Cc1nc(Br)cnc1OC#N. The summed E-state index contributed by atoms with van der Waals surface area (Å²) in [6.07, 6.45) is 3.00. The van der Waals surface area contributed by atoms with Crippen LogP contribution in [0.3, 0.4) is 0 Å². The van der Waals surface area contributed by atoms with Gasteiger partial charge in [0.15, 0.2) is 0 Å². The molecular weight excluding hydrogens is 210 g/mol. The van der Waals surface area contributed by atoms with Crippen molar-refractivity contribution < 1.29 is 4.74 Å². The van der Waals surface area contributed by atoms with Crippen molar-refractivity contribution in [2.75, 3.05) is 0 Å². The van der Waals surface area contributed by atoms with Crippen LogP contribution in [0.15, 0.2) is 10.8 Å². The van der Waals surface area contributed by atoms with Gasteiger partial charge in [-0.05, 0) is 22.9 Å². The summed E-state index contributed by atoms with van der Waals surface area (Å²) in [5.41, 5.74) is 0.584. The van der Waals surface area contributed by atoms with Gasteiger partial charge in [-0.2, -0.15) is 0 Å². The van der Waals surface area contributed by atoms with Gasteiger partial charge >= 0.3 is 0 Å². The zero-order valence-corrected chi connectivity index (χ0v) is 7.29. The third kappa shape index (κ3) is 1.88. The molecule has 5 heteroatoms. The van der Waals surface area contributed by atoms with Gasteiger partial charge in [0.25, 0.3) is 12.1 Å². The molecule has 1 aromatic rings. The number of nitrogens with zero attached hydrogens (tertiary/aromatic N) is 3. The number of ether oxygens (including phenoxy) is 1. The first kappa shape index (κ1) is 7.95. The first-order chi connectivity index (χ1) is 5.24. The van der Waals surface area contributed by atoms with Gasteiger partial charge in [0.1, 0.15) is 10.3 Å². The largest absolute Gasteiger partial charge is 0.365 e. The van der Waals surface area contributed by atoms with Gasteiger partial charge in [-0.1, -0.05) is 0 Å². The average molecular weight is 214 g/mol. The van der Waals surface area contributed by atoms with Gasteiger partial charge in [0.2, 0.25) is 0 Å². The second-order valence-corrected chi connectivity index (χ2v) is 2.59. The Bertz CT molecular complexity index is 307. The van der Waals surface area contributed by atoms with Crippen molar-refractivity contribution in [3.8, 4) is 12.1 Å². The van der Waals surface area contributed by atoms with Crippen molar-refractivity contribution in [1.29, 1.82) is 5.26 Å². The molecule has 0 saturated heterocycles. The zero-order chi connectivity index (χ0) is 8.27. The fraction of sp³-hybridized carbons (Fsp3) is 0.167. The summed E-state index contributed by atoms with van der Waals surface area (Å²) < 4.78 is 5.13. The third-order valence-electron chi connectivity index (χ3n) is 1.01. The van der Waals surface area contributed by atoms with E-state index in [0.29, 0.717) is 10.3 Å². The minimum absolute atomic E-state index is 0.246. The second-order valence-electron chi connectivity index (χ2n) is 1.78. The summed E-state index contributed by atoms with van der Waals surface area (Å²) >= 11 is 3.14. The first-order valence-corrected chi connectivity index (χ1v) is 3.58. The Morgan fingerprint density at radius 1 is 1.73 bits per heavy atom. The minimum atomic E-state index is 0.246. The Labute approximate surface area is 72.0 Å². The van der Waals surface area contributed by atoms with E-state index in [0.717, 1.165) is 0 Å². The van der Waals surface area contributed by atoms with E-state index in [4.69, 9.17) is 5.26 Å². The quantitative estimate of drug-likeness (QED) is 0.663. The summed E-state index contributed by atoms with van der Waals surface area (Å²) in [7, 11) is 0. The highest BCUT2D eigenvalue weighted by molar-refractivity contribution is 9.10. The Balaban J connectivity index is 3.01. The van der Waals surface area contributed by atoms with E-state index in [1.54, 1.807) is 6.92 Å². The smallest absolute Gasteiger partial charge is 0.293 e. The predicted molar refractivity (Wildman–Crippen MR) is 40.7 cm³/mol. The van der Waals surface area contributed by atoms with Crippen molar-refractivity contribution >= 4 is 15.9 Å². The molecule has 0 aliphatic carbocycles. The van der Waals surface area contributed by atoms with Gasteiger partial charge in [-0.15, -0.1) is 5.26 Å². The molecule has 0 unspecified atom stereocenters. The van der Waals surface area contributed by atoms with E-state index in [1.165, 1.54) is 12.5 Å². The van der Waals surface area contributed by atoms with Crippen LogP contribution < -0.4 is 4.74 Å². The molecule has 0 N–H and O–H groups in total. The highest BCUT2D eigenvalue weighted by atomic mass is 79.9. The molecule has 1 rings (SSSR count). The number of nitriles is 1. The van der Waals surface area contributed by atoms with E-state index in [9.17, 15) is 0 Å². The van der Waals surface area contributed by atoms with Crippen LogP contribution in [0.2, 0.25) is 0 Å². The van der Waals surface area contributed by atoms with Crippen molar-refractivity contribution in [1.82, 2.24) is 9.97 Å². The van der Waals surface area contributed by atoms with Crippen LogP contribution in [0, 0.1) is 18.4 Å². The van der Waals surface area contributed by atoms with Crippen LogP contribution in [0.1, 0.15) is 5.69 Å². The molecule has 56 valence electrons. The van der Waals surface area contributed by atoms with Crippen LogP contribution in [0.5, 0.6) is 5.88 Å². The van der Waals surface area contributed by atoms with Crippen molar-refractivity contribution in [3.05, 3.63) is 16.5 Å². The molecule has 0 aliphatic rings. The molecular formula is C6H4BrN3O. The summed E-state index contributed by atoms with van der Waals surface area (Å²) in [5.74, 6) is 0.246. The van der Waals surface area contributed by atoms with Crippen LogP contribution in [0.25, 0.3) is 0 Å². The maximum atomic E-state index is 8.16. The van der Waals surface area contributed by atoms with E-state index in [1.807, 2.05) is 0 Å². The lowest BCUT2D eigenvalue weighted by molar-refractivity contribution is 0.477. The second kappa shape index (κ2) is 3.30. The fourth-order valence-electron chi connectivity index (χ4n) is 0.586. The summed E-state index contributed by atoms with van der Waals surface area (Å²) in [4.78, 5) is 7.78. The molecule has 0 radical (unpaired) electrons. The average Bonchev–Trinajstić information content (AvgIpc) is 1.95. The first-order valence-electron chi connectivity index (χ1n) is 2.79. The molecule has 0 amide bonds.